The first-order chi connectivity index (χ1) is 11.7. The molecule has 3 rings (SSSR count). The zero-order chi connectivity index (χ0) is 16.8. The van der Waals surface area contributed by atoms with Gasteiger partial charge in [-0.15, -0.1) is 0 Å². The number of halogens is 1. The third kappa shape index (κ3) is 4.87. The summed E-state index contributed by atoms with van der Waals surface area (Å²) in [4.78, 5) is 26.3. The van der Waals surface area contributed by atoms with E-state index >= 15 is 0 Å². The van der Waals surface area contributed by atoms with Crippen LogP contribution in [-0.4, -0.2) is 51.5 Å². The standard InChI is InChI=1S/C16H18ClN5O2/c17-12-2-3-14(20-10-12)21-15(23)11-22-8-4-13(5-9-22)24-16-18-6-1-7-19-16/h1-3,6-7,10,13H,4-5,8-9,11H2,(H,20,21,23). The van der Waals surface area contributed by atoms with Crippen LogP contribution in [0.5, 0.6) is 6.01 Å². The van der Waals surface area contributed by atoms with Crippen LogP contribution >= 0.6 is 11.6 Å². The number of rotatable bonds is 5. The number of likely N-dealkylation sites (tertiary alicyclic amines) is 1. The quantitative estimate of drug-likeness (QED) is 0.891. The molecule has 0 atom stereocenters. The van der Waals surface area contributed by atoms with Crippen molar-refractivity contribution in [2.24, 2.45) is 0 Å². The van der Waals surface area contributed by atoms with E-state index in [4.69, 9.17) is 16.3 Å². The molecule has 0 saturated carbocycles. The van der Waals surface area contributed by atoms with Crippen LogP contribution < -0.4 is 10.1 Å². The maximum absolute atomic E-state index is 12.1. The number of pyridine rings is 1. The average Bonchev–Trinajstić information content (AvgIpc) is 2.60. The van der Waals surface area contributed by atoms with Gasteiger partial charge in [0.1, 0.15) is 11.9 Å². The summed E-state index contributed by atoms with van der Waals surface area (Å²) in [6, 6.07) is 5.53. The highest BCUT2D eigenvalue weighted by Crippen LogP contribution is 2.15. The van der Waals surface area contributed by atoms with Gasteiger partial charge in [-0.25, -0.2) is 15.0 Å². The van der Waals surface area contributed by atoms with Gasteiger partial charge in [-0.1, -0.05) is 11.6 Å². The molecular weight excluding hydrogens is 330 g/mol. The fraction of sp³-hybridized carbons (Fsp3) is 0.375. The second-order valence-corrected chi connectivity index (χ2v) is 5.97. The lowest BCUT2D eigenvalue weighted by Gasteiger charge is -2.30. The van der Waals surface area contributed by atoms with Crippen LogP contribution in [0.4, 0.5) is 5.82 Å². The molecule has 24 heavy (non-hydrogen) atoms. The predicted octanol–water partition coefficient (Wildman–Crippen LogP) is 2.01. The zero-order valence-electron chi connectivity index (χ0n) is 13.1. The molecule has 0 unspecified atom stereocenters. The summed E-state index contributed by atoms with van der Waals surface area (Å²) >= 11 is 5.77. The van der Waals surface area contributed by atoms with Crippen LogP contribution in [0, 0.1) is 0 Å². The second kappa shape index (κ2) is 8.03. The van der Waals surface area contributed by atoms with Gasteiger partial charge in [0.25, 0.3) is 0 Å². The van der Waals surface area contributed by atoms with E-state index < -0.39 is 0 Å². The summed E-state index contributed by atoms with van der Waals surface area (Å²) in [5.41, 5.74) is 0. The number of amides is 1. The molecule has 2 aromatic heterocycles. The van der Waals surface area contributed by atoms with Crippen molar-refractivity contribution >= 4 is 23.3 Å². The molecule has 1 N–H and O–H groups in total. The van der Waals surface area contributed by atoms with Crippen molar-refractivity contribution in [2.45, 2.75) is 18.9 Å². The molecule has 1 saturated heterocycles. The lowest BCUT2D eigenvalue weighted by Crippen LogP contribution is -2.42. The highest BCUT2D eigenvalue weighted by molar-refractivity contribution is 6.30. The second-order valence-electron chi connectivity index (χ2n) is 5.53. The number of piperidine rings is 1. The van der Waals surface area contributed by atoms with Crippen molar-refractivity contribution in [3.8, 4) is 6.01 Å². The van der Waals surface area contributed by atoms with Gasteiger partial charge in [0.15, 0.2) is 0 Å². The monoisotopic (exact) mass is 347 g/mol. The van der Waals surface area contributed by atoms with E-state index in [1.807, 2.05) is 0 Å². The Morgan fingerprint density at radius 1 is 1.25 bits per heavy atom. The number of hydrogen-bond acceptors (Lipinski definition) is 6. The van der Waals surface area contributed by atoms with Gasteiger partial charge in [0, 0.05) is 31.7 Å². The van der Waals surface area contributed by atoms with Crippen molar-refractivity contribution in [1.82, 2.24) is 19.9 Å². The number of hydrogen-bond donors (Lipinski definition) is 1. The first-order valence-electron chi connectivity index (χ1n) is 7.76. The Balaban J connectivity index is 1.41. The van der Waals surface area contributed by atoms with Gasteiger partial charge in [-0.3, -0.25) is 9.69 Å². The van der Waals surface area contributed by atoms with Crippen LogP contribution in [0.1, 0.15) is 12.8 Å². The number of carbonyl (C=O) groups excluding carboxylic acids is 1. The molecule has 3 heterocycles. The molecule has 1 amide bonds. The summed E-state index contributed by atoms with van der Waals surface area (Å²) in [5, 5.41) is 3.31. The van der Waals surface area contributed by atoms with Crippen LogP contribution in [0.2, 0.25) is 5.02 Å². The Bertz CT molecular complexity index is 660. The van der Waals surface area contributed by atoms with Crippen molar-refractivity contribution in [1.29, 1.82) is 0 Å². The lowest BCUT2D eigenvalue weighted by atomic mass is 10.1. The molecule has 0 aliphatic carbocycles. The number of anilines is 1. The third-order valence-corrected chi connectivity index (χ3v) is 3.93. The summed E-state index contributed by atoms with van der Waals surface area (Å²) in [6.07, 6.45) is 6.59. The molecule has 0 aromatic carbocycles. The van der Waals surface area contributed by atoms with Gasteiger partial charge in [-0.2, -0.15) is 0 Å². The molecule has 2 aromatic rings. The Morgan fingerprint density at radius 2 is 2.00 bits per heavy atom. The van der Waals surface area contributed by atoms with Gasteiger partial charge >= 0.3 is 6.01 Å². The highest BCUT2D eigenvalue weighted by Gasteiger charge is 2.22. The SMILES string of the molecule is O=C(CN1CCC(Oc2ncccn2)CC1)Nc1ccc(Cl)cn1. The minimum absolute atomic E-state index is 0.0874. The first-order valence-corrected chi connectivity index (χ1v) is 8.14. The fourth-order valence-electron chi connectivity index (χ4n) is 2.52. The number of carbonyl (C=O) groups is 1. The fourth-order valence-corrected chi connectivity index (χ4v) is 2.63. The van der Waals surface area contributed by atoms with E-state index in [0.29, 0.717) is 23.4 Å². The highest BCUT2D eigenvalue weighted by atomic mass is 35.5. The number of ether oxygens (including phenoxy) is 1. The Morgan fingerprint density at radius 3 is 2.67 bits per heavy atom. The van der Waals surface area contributed by atoms with Crippen molar-refractivity contribution in [3.63, 3.8) is 0 Å². The number of nitrogens with one attached hydrogen (secondary N) is 1. The van der Waals surface area contributed by atoms with E-state index in [0.717, 1.165) is 25.9 Å². The Labute approximate surface area is 145 Å². The molecule has 126 valence electrons. The molecule has 7 nitrogen and oxygen atoms in total. The van der Waals surface area contributed by atoms with Crippen LogP contribution in [-0.2, 0) is 4.79 Å². The molecule has 1 aliphatic heterocycles. The minimum Gasteiger partial charge on any atom is -0.460 e. The van der Waals surface area contributed by atoms with Crippen molar-refractivity contribution < 1.29 is 9.53 Å². The first kappa shape index (κ1) is 16.6. The minimum atomic E-state index is -0.0874. The molecule has 0 spiro atoms. The molecular formula is C16H18ClN5O2. The smallest absolute Gasteiger partial charge is 0.316 e. The summed E-state index contributed by atoms with van der Waals surface area (Å²) in [6.45, 7) is 1.91. The summed E-state index contributed by atoms with van der Waals surface area (Å²) in [7, 11) is 0. The van der Waals surface area contributed by atoms with E-state index in [1.165, 1.54) is 6.20 Å². The maximum Gasteiger partial charge on any atom is 0.316 e. The van der Waals surface area contributed by atoms with E-state index in [2.05, 4.69) is 25.2 Å². The Kier molecular flexibility index (Phi) is 5.55. The van der Waals surface area contributed by atoms with Gasteiger partial charge in [0.05, 0.1) is 11.6 Å². The molecule has 0 radical (unpaired) electrons. The summed E-state index contributed by atoms with van der Waals surface area (Å²) in [5.74, 6) is 0.416. The largest absolute Gasteiger partial charge is 0.460 e. The number of aromatic nitrogens is 3. The molecule has 1 fully saturated rings. The van der Waals surface area contributed by atoms with E-state index in [-0.39, 0.29) is 12.0 Å². The van der Waals surface area contributed by atoms with Gasteiger partial charge in [-0.05, 0) is 31.0 Å². The normalized spacial score (nSPS) is 15.9. The van der Waals surface area contributed by atoms with Crippen LogP contribution in [0.15, 0.2) is 36.8 Å². The topological polar surface area (TPSA) is 80.2 Å². The predicted molar refractivity (Wildman–Crippen MR) is 90.0 cm³/mol. The van der Waals surface area contributed by atoms with Gasteiger partial charge < -0.3 is 10.1 Å². The van der Waals surface area contributed by atoms with Crippen LogP contribution in [0.3, 0.4) is 0 Å². The average molecular weight is 348 g/mol. The lowest BCUT2D eigenvalue weighted by molar-refractivity contribution is -0.117. The van der Waals surface area contributed by atoms with Crippen molar-refractivity contribution in [3.05, 3.63) is 41.8 Å². The summed E-state index contributed by atoms with van der Waals surface area (Å²) < 4.78 is 5.74. The van der Waals surface area contributed by atoms with E-state index in [1.54, 1.807) is 30.6 Å². The third-order valence-electron chi connectivity index (χ3n) is 3.71. The molecule has 8 heteroatoms. The maximum atomic E-state index is 12.1. The zero-order valence-corrected chi connectivity index (χ0v) is 13.8. The number of nitrogens with zero attached hydrogens (tertiary/aromatic N) is 4. The van der Waals surface area contributed by atoms with Gasteiger partial charge in [0.2, 0.25) is 5.91 Å². The Hall–Kier alpha value is -2.25. The van der Waals surface area contributed by atoms with Crippen LogP contribution in [0.25, 0.3) is 0 Å². The molecule has 1 aliphatic rings. The van der Waals surface area contributed by atoms with E-state index in [9.17, 15) is 4.79 Å². The van der Waals surface area contributed by atoms with Crippen molar-refractivity contribution in [2.75, 3.05) is 25.0 Å². The molecule has 0 bridgehead atoms.